The van der Waals surface area contributed by atoms with E-state index in [4.69, 9.17) is 4.74 Å². The molecule has 8 heteroatoms. The number of nitrogens with zero attached hydrogens (tertiary/aromatic N) is 4. The Morgan fingerprint density at radius 3 is 2.62 bits per heavy atom. The Morgan fingerprint density at radius 1 is 1.16 bits per heavy atom. The quantitative estimate of drug-likeness (QED) is 0.526. The number of nitrogens with one attached hydrogen (secondary N) is 1. The molecule has 0 atom stereocenters. The lowest BCUT2D eigenvalue weighted by atomic mass is 9.76. The smallest absolute Gasteiger partial charge is 0.238 e. The second kappa shape index (κ2) is 8.65. The van der Waals surface area contributed by atoms with E-state index in [0.717, 1.165) is 47.8 Å². The highest BCUT2D eigenvalue weighted by Crippen LogP contribution is 2.38. The first kappa shape index (κ1) is 22.5. The van der Waals surface area contributed by atoms with E-state index in [2.05, 4.69) is 38.5 Å². The van der Waals surface area contributed by atoms with Gasteiger partial charge in [-0.25, -0.2) is 19.2 Å². The molecule has 1 aliphatic carbocycles. The van der Waals surface area contributed by atoms with Gasteiger partial charge in [0.1, 0.15) is 23.9 Å². The van der Waals surface area contributed by atoms with Gasteiger partial charge >= 0.3 is 0 Å². The Labute approximate surface area is 190 Å². The Morgan fingerprint density at radius 2 is 1.91 bits per heavy atom. The van der Waals surface area contributed by atoms with Crippen LogP contribution in [0, 0.1) is 12.3 Å². The van der Waals surface area contributed by atoms with Crippen LogP contribution in [0.3, 0.4) is 0 Å². The van der Waals surface area contributed by atoms with Crippen molar-refractivity contribution in [1.82, 2.24) is 15.0 Å². The number of benzene rings is 1. The number of ether oxygens (including phenoxy) is 1. The van der Waals surface area contributed by atoms with Crippen molar-refractivity contribution in [1.29, 1.82) is 0 Å². The summed E-state index contributed by atoms with van der Waals surface area (Å²) in [6.07, 6.45) is 11.0. The molecule has 2 heterocycles. The molecule has 2 aromatic heterocycles. The third-order valence-electron chi connectivity index (χ3n) is 5.83. The van der Waals surface area contributed by atoms with Crippen LogP contribution in [0.15, 0.2) is 41.2 Å². The van der Waals surface area contributed by atoms with Crippen molar-refractivity contribution in [2.45, 2.75) is 52.6 Å². The molecule has 0 unspecified atom stereocenters. The highest BCUT2D eigenvalue weighted by atomic mass is 32.2. The number of anilines is 2. The van der Waals surface area contributed by atoms with Crippen LogP contribution in [0.2, 0.25) is 0 Å². The molecule has 170 valence electrons. The van der Waals surface area contributed by atoms with Gasteiger partial charge in [0.05, 0.1) is 11.2 Å². The zero-order valence-corrected chi connectivity index (χ0v) is 20.2. The Hall–Kier alpha value is -2.74. The van der Waals surface area contributed by atoms with Crippen molar-refractivity contribution in [3.05, 3.63) is 42.4 Å². The summed E-state index contributed by atoms with van der Waals surface area (Å²) in [7, 11) is -2.26. The predicted octanol–water partition coefficient (Wildman–Crippen LogP) is 5.78. The van der Waals surface area contributed by atoms with E-state index < -0.39 is 9.73 Å². The van der Waals surface area contributed by atoms with Gasteiger partial charge in [0.15, 0.2) is 0 Å². The van der Waals surface area contributed by atoms with Crippen molar-refractivity contribution >= 4 is 37.8 Å². The van der Waals surface area contributed by atoms with Crippen LogP contribution in [0.5, 0.6) is 5.88 Å². The van der Waals surface area contributed by atoms with E-state index in [1.54, 1.807) is 18.7 Å². The van der Waals surface area contributed by atoms with Gasteiger partial charge in [0.25, 0.3) is 0 Å². The maximum atomic E-state index is 12.1. The monoisotopic (exact) mass is 453 g/mol. The van der Waals surface area contributed by atoms with Crippen molar-refractivity contribution in [2.24, 2.45) is 9.78 Å². The summed E-state index contributed by atoms with van der Waals surface area (Å²) in [5, 5.41) is 4.29. The van der Waals surface area contributed by atoms with E-state index in [1.807, 2.05) is 31.2 Å². The zero-order chi connectivity index (χ0) is 22.9. The molecule has 0 amide bonds. The van der Waals surface area contributed by atoms with Crippen molar-refractivity contribution in [3.8, 4) is 5.88 Å². The first-order valence-electron chi connectivity index (χ1n) is 10.9. The highest BCUT2D eigenvalue weighted by molar-refractivity contribution is 7.92. The molecule has 0 saturated heterocycles. The summed E-state index contributed by atoms with van der Waals surface area (Å²) in [5.41, 5.74) is 3.51. The molecule has 1 aliphatic rings. The van der Waals surface area contributed by atoms with Gasteiger partial charge in [0.2, 0.25) is 5.88 Å². The molecule has 0 bridgehead atoms. The van der Waals surface area contributed by atoms with E-state index in [1.165, 1.54) is 6.33 Å². The molecule has 3 aromatic rings. The maximum absolute atomic E-state index is 12.1. The van der Waals surface area contributed by atoms with E-state index >= 15 is 0 Å². The summed E-state index contributed by atoms with van der Waals surface area (Å²) in [6, 6.07) is 7.58. The third-order valence-corrected chi connectivity index (χ3v) is 6.48. The molecule has 0 aliphatic heterocycles. The van der Waals surface area contributed by atoms with Crippen molar-refractivity contribution < 1.29 is 8.95 Å². The molecular formula is C24H31N5O2S. The van der Waals surface area contributed by atoms with Gasteiger partial charge in [-0.2, -0.15) is 4.36 Å². The predicted molar refractivity (Wildman–Crippen MR) is 131 cm³/mol. The summed E-state index contributed by atoms with van der Waals surface area (Å²) >= 11 is 0. The fourth-order valence-corrected chi connectivity index (χ4v) is 4.74. The standard InChI is InChI=1S/C24H31N5O2S/c1-16-13-17(29-32(4,5)30)14-20-21(16)22(27-15-26-20)28-19-7-6-12-25-23(19)31-18-8-10-24(2,3)11-9-18/h6-7,12-15,18H,8-11H2,1-5H3,(H,26,27,28). The number of aryl methyl sites for hydroxylation is 1. The summed E-state index contributed by atoms with van der Waals surface area (Å²) < 4.78 is 22.7. The molecule has 0 spiro atoms. The number of fused-ring (bicyclic) bond motifs is 1. The molecule has 1 fully saturated rings. The van der Waals surface area contributed by atoms with Gasteiger partial charge in [0, 0.05) is 33.8 Å². The Balaban J connectivity index is 1.64. The summed E-state index contributed by atoms with van der Waals surface area (Å²) in [4.78, 5) is 13.4. The van der Waals surface area contributed by atoms with Gasteiger partial charge in [-0.05, 0) is 67.9 Å². The Bertz CT molecular complexity index is 1250. The minimum Gasteiger partial charge on any atom is -0.473 e. The lowest BCUT2D eigenvalue weighted by molar-refractivity contribution is 0.0956. The lowest BCUT2D eigenvalue weighted by Gasteiger charge is -2.34. The van der Waals surface area contributed by atoms with Crippen LogP contribution in [-0.2, 0) is 9.73 Å². The van der Waals surface area contributed by atoms with Crippen molar-refractivity contribution in [2.75, 3.05) is 17.8 Å². The molecule has 1 N–H and O–H groups in total. The summed E-state index contributed by atoms with van der Waals surface area (Å²) in [6.45, 7) is 6.61. The van der Waals surface area contributed by atoms with E-state index in [-0.39, 0.29) is 6.10 Å². The second-order valence-electron chi connectivity index (χ2n) is 9.61. The van der Waals surface area contributed by atoms with Gasteiger partial charge in [-0.15, -0.1) is 0 Å². The number of hydrogen-bond donors (Lipinski definition) is 1. The normalized spacial score (nSPS) is 16.7. The van der Waals surface area contributed by atoms with Crippen molar-refractivity contribution in [3.63, 3.8) is 0 Å². The van der Waals surface area contributed by atoms with Crippen LogP contribution in [-0.4, -0.2) is 37.8 Å². The van der Waals surface area contributed by atoms with E-state index in [0.29, 0.717) is 22.8 Å². The van der Waals surface area contributed by atoms with Crippen LogP contribution in [0.4, 0.5) is 17.2 Å². The van der Waals surface area contributed by atoms with Gasteiger partial charge in [-0.3, -0.25) is 0 Å². The molecule has 1 saturated carbocycles. The first-order chi connectivity index (χ1) is 15.1. The van der Waals surface area contributed by atoms with Gasteiger partial charge < -0.3 is 10.1 Å². The fraction of sp³-hybridized carbons (Fsp3) is 0.458. The SMILES string of the molecule is Cc1cc(N=S(C)(C)=O)cc2ncnc(Nc3cccnc3OC3CCC(C)(C)CC3)c12. The second-order valence-corrected chi connectivity index (χ2v) is 12.2. The van der Waals surface area contributed by atoms with Crippen LogP contribution in [0.1, 0.15) is 45.1 Å². The molecule has 1 aromatic carbocycles. The molecular weight excluding hydrogens is 422 g/mol. The largest absolute Gasteiger partial charge is 0.473 e. The average molecular weight is 454 g/mol. The Kier molecular flexibility index (Phi) is 6.07. The molecule has 4 rings (SSSR count). The highest BCUT2D eigenvalue weighted by Gasteiger charge is 2.28. The van der Waals surface area contributed by atoms with E-state index in [9.17, 15) is 4.21 Å². The number of aromatic nitrogens is 3. The van der Waals surface area contributed by atoms with Crippen LogP contribution in [0.25, 0.3) is 10.9 Å². The maximum Gasteiger partial charge on any atom is 0.238 e. The fourth-order valence-electron chi connectivity index (χ4n) is 4.13. The topological polar surface area (TPSA) is 89.4 Å². The minimum absolute atomic E-state index is 0.171. The zero-order valence-electron chi connectivity index (χ0n) is 19.4. The number of pyridine rings is 1. The molecule has 0 radical (unpaired) electrons. The lowest BCUT2D eigenvalue weighted by Crippen LogP contribution is -2.28. The molecule has 7 nitrogen and oxygen atoms in total. The van der Waals surface area contributed by atoms with Crippen LogP contribution < -0.4 is 10.1 Å². The van der Waals surface area contributed by atoms with Crippen LogP contribution >= 0.6 is 0 Å². The average Bonchev–Trinajstić information content (AvgIpc) is 2.69. The molecule has 32 heavy (non-hydrogen) atoms. The number of rotatable bonds is 5. The summed E-state index contributed by atoms with van der Waals surface area (Å²) in [5.74, 6) is 1.26. The first-order valence-corrected chi connectivity index (χ1v) is 13.2. The third kappa shape index (κ3) is 5.35. The number of hydrogen-bond acceptors (Lipinski definition) is 7. The van der Waals surface area contributed by atoms with Gasteiger partial charge in [-0.1, -0.05) is 13.8 Å². The minimum atomic E-state index is -2.26.